The van der Waals surface area contributed by atoms with Crippen LogP contribution in [-0.4, -0.2) is 23.2 Å². The van der Waals surface area contributed by atoms with E-state index in [0.29, 0.717) is 6.07 Å². The minimum atomic E-state index is -4.58. The predicted molar refractivity (Wildman–Crippen MR) is 101 cm³/mol. The second-order valence-corrected chi connectivity index (χ2v) is 6.57. The molecule has 0 aliphatic rings. The molecule has 0 saturated heterocycles. The first kappa shape index (κ1) is 22.1. The molecule has 2 aromatic carbocycles. The molecule has 1 aromatic heterocycles. The lowest BCUT2D eigenvalue weighted by molar-refractivity contribution is -0.384. The highest BCUT2D eigenvalue weighted by Crippen LogP contribution is 2.39. The highest BCUT2D eigenvalue weighted by molar-refractivity contribution is 6.32. The first-order chi connectivity index (χ1) is 14.5. The van der Waals surface area contributed by atoms with E-state index in [0.717, 1.165) is 25.3 Å². The molecule has 0 saturated carbocycles. The average Bonchev–Trinajstić information content (AvgIpc) is 3.09. The number of ether oxygens (including phenoxy) is 2. The molecule has 0 atom stereocenters. The van der Waals surface area contributed by atoms with Gasteiger partial charge >= 0.3 is 12.1 Å². The maximum absolute atomic E-state index is 12.8. The van der Waals surface area contributed by atoms with Crippen LogP contribution in [0.25, 0.3) is 11.3 Å². The molecule has 12 heteroatoms. The van der Waals surface area contributed by atoms with Gasteiger partial charge in [0.2, 0.25) is 5.76 Å². The first-order valence-corrected chi connectivity index (χ1v) is 8.78. The molecular formula is C19H12ClF3N2O6. The quantitative estimate of drug-likeness (QED) is 0.271. The van der Waals surface area contributed by atoms with Crippen LogP contribution in [-0.2, 0) is 10.9 Å². The Morgan fingerprint density at radius 3 is 2.52 bits per heavy atom. The smallest absolute Gasteiger partial charge is 0.416 e. The fourth-order valence-corrected chi connectivity index (χ4v) is 2.90. The van der Waals surface area contributed by atoms with Crippen molar-refractivity contribution in [3.8, 4) is 22.8 Å². The van der Waals surface area contributed by atoms with Crippen LogP contribution in [0.3, 0.4) is 0 Å². The van der Waals surface area contributed by atoms with E-state index >= 15 is 0 Å². The number of hydrogen-bond donors (Lipinski definition) is 0. The lowest BCUT2D eigenvalue weighted by Gasteiger charge is -2.12. The van der Waals surface area contributed by atoms with Crippen LogP contribution >= 0.6 is 11.6 Å². The predicted octanol–water partition coefficient (Wildman–Crippen LogP) is 5.81. The van der Waals surface area contributed by atoms with Gasteiger partial charge in [0.25, 0.3) is 5.69 Å². The van der Waals surface area contributed by atoms with Crippen molar-refractivity contribution in [3.05, 3.63) is 68.4 Å². The van der Waals surface area contributed by atoms with Crippen LogP contribution in [0, 0.1) is 17.0 Å². The minimum Gasteiger partial charge on any atom is -0.463 e. The van der Waals surface area contributed by atoms with E-state index in [4.69, 9.17) is 20.9 Å². The number of nitrogens with zero attached hydrogens (tertiary/aromatic N) is 2. The summed E-state index contributed by atoms with van der Waals surface area (Å²) in [5.41, 5.74) is -1.17. The lowest BCUT2D eigenvalue weighted by Crippen LogP contribution is -2.04. The molecular weight excluding hydrogens is 445 g/mol. The number of nitro groups is 1. The number of alkyl halides is 3. The monoisotopic (exact) mass is 456 g/mol. The summed E-state index contributed by atoms with van der Waals surface area (Å²) in [6.07, 6.45) is -4.58. The summed E-state index contributed by atoms with van der Waals surface area (Å²) in [5.74, 6) is -1.11. The van der Waals surface area contributed by atoms with Gasteiger partial charge in [-0.1, -0.05) is 16.8 Å². The third-order valence-corrected chi connectivity index (χ3v) is 4.50. The molecule has 0 bridgehead atoms. The number of benzene rings is 2. The Hall–Kier alpha value is -3.60. The Bertz CT molecular complexity index is 1180. The first-order valence-electron chi connectivity index (χ1n) is 8.41. The normalized spacial score (nSPS) is 11.3. The zero-order chi connectivity index (χ0) is 22.9. The van der Waals surface area contributed by atoms with Gasteiger partial charge in [0.15, 0.2) is 0 Å². The molecule has 162 valence electrons. The molecule has 0 spiro atoms. The van der Waals surface area contributed by atoms with Gasteiger partial charge in [-0.05, 0) is 37.3 Å². The summed E-state index contributed by atoms with van der Waals surface area (Å²) >= 11 is 5.89. The van der Waals surface area contributed by atoms with Crippen molar-refractivity contribution in [2.45, 2.75) is 13.1 Å². The van der Waals surface area contributed by atoms with Crippen LogP contribution in [0.5, 0.6) is 11.5 Å². The molecule has 0 radical (unpaired) electrons. The van der Waals surface area contributed by atoms with E-state index in [1.54, 1.807) is 0 Å². The van der Waals surface area contributed by atoms with Gasteiger partial charge < -0.3 is 14.0 Å². The Balaban J connectivity index is 2.03. The van der Waals surface area contributed by atoms with Crippen molar-refractivity contribution in [3.63, 3.8) is 0 Å². The van der Waals surface area contributed by atoms with Crippen molar-refractivity contribution in [1.82, 2.24) is 5.16 Å². The lowest BCUT2D eigenvalue weighted by atomic mass is 10.0. The Morgan fingerprint density at radius 1 is 1.23 bits per heavy atom. The van der Waals surface area contributed by atoms with Gasteiger partial charge in [-0.2, -0.15) is 13.2 Å². The summed E-state index contributed by atoms with van der Waals surface area (Å²) in [7, 11) is 1.13. The van der Waals surface area contributed by atoms with Crippen LogP contribution < -0.4 is 4.74 Å². The van der Waals surface area contributed by atoms with E-state index in [9.17, 15) is 28.1 Å². The van der Waals surface area contributed by atoms with Crippen LogP contribution in [0.4, 0.5) is 18.9 Å². The van der Waals surface area contributed by atoms with E-state index in [1.807, 2.05) is 0 Å². The number of carbonyl (C=O) groups is 1. The standard InChI is InChI=1S/C19H12ClF3N2O6/c1-9-16(24-31-17(9)18(26)29-2)12-8-11(4-5-14(12)25(27)28)30-15-6-3-10(7-13(15)20)19(21,22)23/h3-8H,1-2H3. The van der Waals surface area contributed by atoms with Crippen molar-refractivity contribution in [2.75, 3.05) is 7.11 Å². The maximum atomic E-state index is 12.8. The summed E-state index contributed by atoms with van der Waals surface area (Å²) in [6, 6.07) is 6.12. The molecule has 0 aliphatic carbocycles. The number of hydrogen-bond acceptors (Lipinski definition) is 7. The zero-order valence-electron chi connectivity index (χ0n) is 15.8. The third kappa shape index (κ3) is 4.45. The summed E-state index contributed by atoms with van der Waals surface area (Å²) in [6.45, 7) is 1.46. The Kier molecular flexibility index (Phi) is 5.89. The topological polar surface area (TPSA) is 105 Å². The summed E-state index contributed by atoms with van der Waals surface area (Å²) in [4.78, 5) is 22.5. The Labute approximate surface area is 177 Å². The molecule has 1 heterocycles. The molecule has 3 aromatic rings. The maximum Gasteiger partial charge on any atom is 0.416 e. The number of halogens is 4. The van der Waals surface area contributed by atoms with Gasteiger partial charge in [-0.25, -0.2) is 4.79 Å². The molecule has 0 N–H and O–H groups in total. The summed E-state index contributed by atoms with van der Waals surface area (Å²) < 4.78 is 53.4. The fourth-order valence-electron chi connectivity index (χ4n) is 2.68. The number of esters is 1. The molecule has 0 unspecified atom stereocenters. The number of aromatic nitrogens is 1. The van der Waals surface area contributed by atoms with E-state index < -0.39 is 22.6 Å². The van der Waals surface area contributed by atoms with Gasteiger partial charge in [0, 0.05) is 11.6 Å². The number of nitro benzene ring substituents is 1. The van der Waals surface area contributed by atoms with Gasteiger partial charge in [-0.15, -0.1) is 0 Å². The minimum absolute atomic E-state index is 0.00364. The Morgan fingerprint density at radius 2 is 1.94 bits per heavy atom. The van der Waals surface area contributed by atoms with Crippen LogP contribution in [0.1, 0.15) is 21.7 Å². The van der Waals surface area contributed by atoms with Gasteiger partial charge in [0.05, 0.1) is 28.2 Å². The van der Waals surface area contributed by atoms with Crippen molar-refractivity contribution in [2.24, 2.45) is 0 Å². The van der Waals surface area contributed by atoms with Crippen molar-refractivity contribution >= 4 is 23.3 Å². The van der Waals surface area contributed by atoms with Crippen molar-refractivity contribution in [1.29, 1.82) is 0 Å². The second-order valence-electron chi connectivity index (χ2n) is 6.16. The summed E-state index contributed by atoms with van der Waals surface area (Å²) in [5, 5.41) is 14.9. The molecule has 31 heavy (non-hydrogen) atoms. The van der Waals surface area contributed by atoms with Gasteiger partial charge in [-0.3, -0.25) is 10.1 Å². The highest BCUT2D eigenvalue weighted by Gasteiger charge is 2.31. The molecule has 3 rings (SSSR count). The second kappa shape index (κ2) is 8.26. The third-order valence-electron chi connectivity index (χ3n) is 4.20. The van der Waals surface area contributed by atoms with E-state index in [-0.39, 0.29) is 44.8 Å². The van der Waals surface area contributed by atoms with Crippen LogP contribution in [0.15, 0.2) is 40.9 Å². The van der Waals surface area contributed by atoms with Crippen LogP contribution in [0.2, 0.25) is 5.02 Å². The van der Waals surface area contributed by atoms with E-state index in [2.05, 4.69) is 9.89 Å². The van der Waals surface area contributed by atoms with E-state index in [1.165, 1.54) is 19.1 Å². The molecule has 0 fully saturated rings. The van der Waals surface area contributed by atoms with Crippen molar-refractivity contribution < 1.29 is 36.9 Å². The van der Waals surface area contributed by atoms with Gasteiger partial charge in [0.1, 0.15) is 17.2 Å². The zero-order valence-corrected chi connectivity index (χ0v) is 16.6. The largest absolute Gasteiger partial charge is 0.463 e. The SMILES string of the molecule is COC(=O)c1onc(-c2cc(Oc3ccc(C(F)(F)F)cc3Cl)ccc2[N+](=O)[O-])c1C. The highest BCUT2D eigenvalue weighted by atomic mass is 35.5. The fraction of sp³-hybridized carbons (Fsp3) is 0.158. The molecule has 0 amide bonds. The molecule has 0 aliphatic heterocycles. The number of carbonyl (C=O) groups excluding carboxylic acids is 1. The molecule has 8 nitrogen and oxygen atoms in total. The average molecular weight is 457 g/mol. The number of rotatable bonds is 5. The number of methoxy groups -OCH3 is 1.